The van der Waals surface area contributed by atoms with Crippen molar-refractivity contribution in [1.29, 1.82) is 0 Å². The summed E-state index contributed by atoms with van der Waals surface area (Å²) in [5.74, 6) is 0.200. The van der Waals surface area contributed by atoms with Crippen molar-refractivity contribution in [2.75, 3.05) is 5.73 Å². The summed E-state index contributed by atoms with van der Waals surface area (Å²) in [6, 6.07) is 4.86. The molecule has 0 aromatic heterocycles. The zero-order valence-corrected chi connectivity index (χ0v) is 7.30. The molecule has 3 heteroatoms. The lowest BCUT2D eigenvalue weighted by atomic mass is 10.1. The molecule has 1 rings (SSSR count). The fourth-order valence-electron chi connectivity index (χ4n) is 0.954. The van der Waals surface area contributed by atoms with Crippen LogP contribution in [0.5, 0.6) is 5.75 Å². The molecule has 0 saturated carbocycles. The van der Waals surface area contributed by atoms with Crippen LogP contribution in [0.25, 0.3) is 0 Å². The van der Waals surface area contributed by atoms with Crippen LogP contribution in [0.3, 0.4) is 0 Å². The van der Waals surface area contributed by atoms with Gasteiger partial charge in [-0.15, -0.1) is 0 Å². The van der Waals surface area contributed by atoms with Gasteiger partial charge in [0, 0.05) is 22.7 Å². The molecule has 0 bridgehead atoms. The van der Waals surface area contributed by atoms with E-state index in [1.165, 1.54) is 0 Å². The molecule has 0 saturated heterocycles. The molecule has 1 aromatic carbocycles. The van der Waals surface area contributed by atoms with E-state index in [2.05, 4.69) is 6.58 Å². The molecule has 0 unspecified atom stereocenters. The van der Waals surface area contributed by atoms with Gasteiger partial charge >= 0.3 is 0 Å². The minimum Gasteiger partial charge on any atom is -0.508 e. The summed E-state index contributed by atoms with van der Waals surface area (Å²) in [6.07, 6.45) is 0.443. The first-order valence-electron chi connectivity index (χ1n) is 3.50. The lowest BCUT2D eigenvalue weighted by Gasteiger charge is -2.03. The van der Waals surface area contributed by atoms with Gasteiger partial charge in [0.2, 0.25) is 0 Å². The minimum absolute atomic E-state index is 0.200. The van der Waals surface area contributed by atoms with Gasteiger partial charge in [-0.25, -0.2) is 0 Å². The van der Waals surface area contributed by atoms with Gasteiger partial charge in [0.1, 0.15) is 5.75 Å². The normalized spacial score (nSPS) is 9.75. The van der Waals surface area contributed by atoms with E-state index >= 15 is 0 Å². The molecule has 3 N–H and O–H groups in total. The highest BCUT2D eigenvalue weighted by Crippen LogP contribution is 2.22. The third-order valence-corrected chi connectivity index (χ3v) is 1.62. The number of benzene rings is 1. The van der Waals surface area contributed by atoms with Crippen LogP contribution in [0.4, 0.5) is 5.69 Å². The molecule has 2 nitrogen and oxygen atoms in total. The van der Waals surface area contributed by atoms with Gasteiger partial charge in [-0.05, 0) is 18.2 Å². The van der Waals surface area contributed by atoms with Crippen molar-refractivity contribution < 1.29 is 5.11 Å². The van der Waals surface area contributed by atoms with E-state index in [1.54, 1.807) is 18.2 Å². The molecule has 0 atom stereocenters. The molecule has 0 radical (unpaired) electrons. The van der Waals surface area contributed by atoms with E-state index in [9.17, 15) is 5.11 Å². The van der Waals surface area contributed by atoms with Crippen molar-refractivity contribution in [3.05, 3.63) is 35.4 Å². The summed E-state index contributed by atoms with van der Waals surface area (Å²) in [5.41, 5.74) is 6.83. The second-order valence-electron chi connectivity index (χ2n) is 2.58. The average molecular weight is 184 g/mol. The number of halogens is 1. The Morgan fingerprint density at radius 1 is 1.58 bits per heavy atom. The zero-order valence-electron chi connectivity index (χ0n) is 6.55. The molecule has 0 aliphatic heterocycles. The molecule has 0 aliphatic rings. The van der Waals surface area contributed by atoms with Gasteiger partial charge in [-0.1, -0.05) is 18.2 Å². The Hall–Kier alpha value is -1.15. The van der Waals surface area contributed by atoms with E-state index in [0.717, 1.165) is 0 Å². The number of nitrogens with two attached hydrogens (primary N) is 1. The first-order chi connectivity index (χ1) is 5.59. The number of anilines is 1. The summed E-state index contributed by atoms with van der Waals surface area (Å²) in [7, 11) is 0. The zero-order chi connectivity index (χ0) is 9.14. The summed E-state index contributed by atoms with van der Waals surface area (Å²) in [4.78, 5) is 0. The van der Waals surface area contributed by atoms with Crippen molar-refractivity contribution in [2.45, 2.75) is 6.42 Å². The van der Waals surface area contributed by atoms with Gasteiger partial charge < -0.3 is 10.8 Å². The second-order valence-corrected chi connectivity index (χ2v) is 3.12. The SMILES string of the molecule is C=C(Cl)Cc1cc(N)ccc1O. The predicted molar refractivity (Wildman–Crippen MR) is 51.2 cm³/mol. The Morgan fingerprint density at radius 2 is 2.25 bits per heavy atom. The smallest absolute Gasteiger partial charge is 0.119 e. The van der Waals surface area contributed by atoms with Gasteiger partial charge in [0.15, 0.2) is 0 Å². The molecule has 0 heterocycles. The Balaban J connectivity index is 2.97. The van der Waals surface area contributed by atoms with E-state index in [-0.39, 0.29) is 5.75 Å². The van der Waals surface area contributed by atoms with Gasteiger partial charge in [0.05, 0.1) is 0 Å². The number of hydrogen-bond donors (Lipinski definition) is 2. The Labute approximate surface area is 76.3 Å². The van der Waals surface area contributed by atoms with Crippen LogP contribution in [0.15, 0.2) is 29.8 Å². The van der Waals surface area contributed by atoms with Crippen molar-refractivity contribution in [3.63, 3.8) is 0 Å². The van der Waals surface area contributed by atoms with E-state index < -0.39 is 0 Å². The molecular weight excluding hydrogens is 174 g/mol. The van der Waals surface area contributed by atoms with Crippen LogP contribution in [-0.4, -0.2) is 5.11 Å². The lowest BCUT2D eigenvalue weighted by molar-refractivity contribution is 0.469. The summed E-state index contributed by atoms with van der Waals surface area (Å²) >= 11 is 5.59. The first-order valence-corrected chi connectivity index (χ1v) is 3.88. The average Bonchev–Trinajstić information content (AvgIpc) is 1.96. The molecule has 1 aromatic rings. The molecule has 0 fully saturated rings. The monoisotopic (exact) mass is 183 g/mol. The van der Waals surface area contributed by atoms with E-state index in [0.29, 0.717) is 22.7 Å². The predicted octanol–water partition coefficient (Wildman–Crippen LogP) is 2.27. The number of aromatic hydroxyl groups is 1. The van der Waals surface area contributed by atoms with Crippen LogP contribution in [0.2, 0.25) is 0 Å². The number of hydrogen-bond acceptors (Lipinski definition) is 2. The highest BCUT2D eigenvalue weighted by molar-refractivity contribution is 6.29. The highest BCUT2D eigenvalue weighted by atomic mass is 35.5. The third-order valence-electron chi connectivity index (χ3n) is 1.49. The maximum Gasteiger partial charge on any atom is 0.119 e. The molecule has 0 aliphatic carbocycles. The Kier molecular flexibility index (Phi) is 2.61. The number of rotatable bonds is 2. The van der Waals surface area contributed by atoms with Crippen molar-refractivity contribution >= 4 is 17.3 Å². The highest BCUT2D eigenvalue weighted by Gasteiger charge is 2.01. The summed E-state index contributed by atoms with van der Waals surface area (Å²) in [6.45, 7) is 3.53. The number of phenols is 1. The minimum atomic E-state index is 0.200. The largest absolute Gasteiger partial charge is 0.508 e. The van der Waals surface area contributed by atoms with Crippen molar-refractivity contribution in [3.8, 4) is 5.75 Å². The molecule has 0 spiro atoms. The van der Waals surface area contributed by atoms with Crippen LogP contribution in [0, 0.1) is 0 Å². The van der Waals surface area contributed by atoms with Crippen LogP contribution in [-0.2, 0) is 6.42 Å². The number of phenolic OH excluding ortho intramolecular Hbond substituents is 1. The van der Waals surface area contributed by atoms with Crippen LogP contribution >= 0.6 is 11.6 Å². The van der Waals surface area contributed by atoms with Gasteiger partial charge in [0.25, 0.3) is 0 Å². The Morgan fingerprint density at radius 3 is 2.83 bits per heavy atom. The molecule has 0 amide bonds. The first kappa shape index (κ1) is 8.94. The molecule has 64 valence electrons. The summed E-state index contributed by atoms with van der Waals surface area (Å²) < 4.78 is 0. The maximum absolute atomic E-state index is 9.33. The molecule has 12 heavy (non-hydrogen) atoms. The molecular formula is C9H10ClNO. The van der Waals surface area contributed by atoms with Crippen LogP contribution < -0.4 is 5.73 Å². The second kappa shape index (κ2) is 3.50. The van der Waals surface area contributed by atoms with Crippen molar-refractivity contribution in [2.24, 2.45) is 0 Å². The quantitative estimate of drug-likeness (QED) is 0.546. The topological polar surface area (TPSA) is 46.2 Å². The number of allylic oxidation sites excluding steroid dienone is 1. The fourth-order valence-corrected chi connectivity index (χ4v) is 1.10. The fraction of sp³-hybridized carbons (Fsp3) is 0.111. The maximum atomic E-state index is 9.33. The van der Waals surface area contributed by atoms with E-state index in [4.69, 9.17) is 17.3 Å². The van der Waals surface area contributed by atoms with Gasteiger partial charge in [-0.2, -0.15) is 0 Å². The van der Waals surface area contributed by atoms with E-state index in [1.807, 2.05) is 0 Å². The standard InChI is InChI=1S/C9H10ClNO/c1-6(10)4-7-5-8(11)2-3-9(7)12/h2-3,5,12H,1,4,11H2. The van der Waals surface area contributed by atoms with Gasteiger partial charge in [-0.3, -0.25) is 0 Å². The van der Waals surface area contributed by atoms with Crippen LogP contribution in [0.1, 0.15) is 5.56 Å². The Bertz CT molecular complexity index is 309. The third kappa shape index (κ3) is 2.17. The number of nitrogen functional groups attached to an aromatic ring is 1. The van der Waals surface area contributed by atoms with Crippen molar-refractivity contribution in [1.82, 2.24) is 0 Å². The summed E-state index contributed by atoms with van der Waals surface area (Å²) in [5, 5.41) is 9.81. The lowest BCUT2D eigenvalue weighted by Crippen LogP contribution is -1.89.